The first-order chi connectivity index (χ1) is 8.36. The van der Waals surface area contributed by atoms with Crippen molar-refractivity contribution in [2.75, 3.05) is 32.7 Å². The van der Waals surface area contributed by atoms with Gasteiger partial charge in [0.2, 0.25) is 5.91 Å². The molecule has 3 fully saturated rings. The van der Waals surface area contributed by atoms with Gasteiger partial charge >= 0.3 is 0 Å². The maximum atomic E-state index is 12.5. The zero-order valence-electron chi connectivity index (χ0n) is 10.5. The molecule has 0 spiro atoms. The molecular formula is C13H23N3O. The Morgan fingerprint density at radius 1 is 1.00 bits per heavy atom. The van der Waals surface area contributed by atoms with Gasteiger partial charge in [0.05, 0.1) is 6.04 Å². The first kappa shape index (κ1) is 11.5. The van der Waals surface area contributed by atoms with Crippen LogP contribution >= 0.6 is 0 Å². The molecule has 17 heavy (non-hydrogen) atoms. The van der Waals surface area contributed by atoms with Crippen molar-refractivity contribution in [3.8, 4) is 0 Å². The molecule has 1 saturated carbocycles. The molecule has 0 aromatic carbocycles. The molecule has 1 amide bonds. The van der Waals surface area contributed by atoms with Gasteiger partial charge in [0.25, 0.3) is 0 Å². The summed E-state index contributed by atoms with van der Waals surface area (Å²) in [6.07, 6.45) is 6.15. The van der Waals surface area contributed by atoms with Crippen LogP contribution in [0.4, 0.5) is 0 Å². The van der Waals surface area contributed by atoms with Crippen LogP contribution in [-0.4, -0.2) is 60.5 Å². The van der Waals surface area contributed by atoms with Crippen LogP contribution in [-0.2, 0) is 4.79 Å². The van der Waals surface area contributed by atoms with E-state index in [2.05, 4.69) is 15.1 Å². The summed E-state index contributed by atoms with van der Waals surface area (Å²) in [5, 5.41) is 3.35. The molecule has 2 saturated heterocycles. The van der Waals surface area contributed by atoms with Crippen LogP contribution in [0.15, 0.2) is 0 Å². The number of hydrogen-bond donors (Lipinski definition) is 1. The monoisotopic (exact) mass is 237 g/mol. The lowest BCUT2D eigenvalue weighted by Crippen LogP contribution is -2.51. The summed E-state index contributed by atoms with van der Waals surface area (Å²) < 4.78 is 0. The molecule has 1 atom stereocenters. The maximum absolute atomic E-state index is 12.5. The van der Waals surface area contributed by atoms with Crippen molar-refractivity contribution in [1.29, 1.82) is 0 Å². The van der Waals surface area contributed by atoms with Crippen molar-refractivity contribution in [2.45, 2.75) is 44.2 Å². The number of hydrogen-bond acceptors (Lipinski definition) is 3. The highest BCUT2D eigenvalue weighted by Crippen LogP contribution is 2.28. The van der Waals surface area contributed by atoms with Gasteiger partial charge in [0.1, 0.15) is 0 Å². The van der Waals surface area contributed by atoms with Crippen LogP contribution in [0.25, 0.3) is 0 Å². The fraction of sp³-hybridized carbons (Fsp3) is 0.923. The third kappa shape index (κ3) is 2.20. The van der Waals surface area contributed by atoms with Crippen molar-refractivity contribution in [2.24, 2.45) is 0 Å². The SMILES string of the molecule is O=C1C(N2CCNCC2)CCN1C1CCCC1. The number of piperazine rings is 1. The van der Waals surface area contributed by atoms with Crippen LogP contribution in [0.3, 0.4) is 0 Å². The zero-order chi connectivity index (χ0) is 11.7. The van der Waals surface area contributed by atoms with Crippen LogP contribution < -0.4 is 5.32 Å². The molecular weight excluding hydrogens is 214 g/mol. The second-order valence-corrected chi connectivity index (χ2v) is 5.56. The first-order valence-electron chi connectivity index (χ1n) is 7.11. The van der Waals surface area contributed by atoms with Crippen LogP contribution in [0.1, 0.15) is 32.1 Å². The Kier molecular flexibility index (Phi) is 3.34. The van der Waals surface area contributed by atoms with Crippen LogP contribution in [0, 0.1) is 0 Å². The lowest BCUT2D eigenvalue weighted by molar-refractivity contribution is -0.134. The second kappa shape index (κ2) is 4.94. The molecule has 2 aliphatic heterocycles. The maximum Gasteiger partial charge on any atom is 0.240 e. The standard InChI is InChI=1S/C13H23N3O/c17-13-12(15-9-6-14-7-10-15)5-8-16(13)11-3-1-2-4-11/h11-12,14H,1-10H2. The molecule has 2 heterocycles. The van der Waals surface area contributed by atoms with Crippen molar-refractivity contribution < 1.29 is 4.79 Å². The Hall–Kier alpha value is -0.610. The minimum atomic E-state index is 0.192. The van der Waals surface area contributed by atoms with E-state index in [9.17, 15) is 4.79 Å². The van der Waals surface area contributed by atoms with E-state index in [-0.39, 0.29) is 6.04 Å². The van der Waals surface area contributed by atoms with Gasteiger partial charge in [-0.3, -0.25) is 9.69 Å². The molecule has 1 N–H and O–H groups in total. The van der Waals surface area contributed by atoms with Gasteiger partial charge in [0, 0.05) is 38.8 Å². The number of carbonyl (C=O) groups excluding carboxylic acids is 1. The van der Waals surface area contributed by atoms with E-state index in [0.29, 0.717) is 11.9 Å². The van der Waals surface area contributed by atoms with Crippen LogP contribution in [0.2, 0.25) is 0 Å². The zero-order valence-corrected chi connectivity index (χ0v) is 10.5. The Morgan fingerprint density at radius 2 is 1.71 bits per heavy atom. The summed E-state index contributed by atoms with van der Waals surface area (Å²) in [6.45, 7) is 5.14. The van der Waals surface area contributed by atoms with Crippen molar-refractivity contribution in [3.05, 3.63) is 0 Å². The lowest BCUT2D eigenvalue weighted by Gasteiger charge is -2.32. The molecule has 96 valence electrons. The molecule has 0 bridgehead atoms. The van der Waals surface area contributed by atoms with E-state index in [0.717, 1.165) is 39.1 Å². The van der Waals surface area contributed by atoms with Gasteiger partial charge in [-0.25, -0.2) is 0 Å². The van der Waals surface area contributed by atoms with E-state index in [1.165, 1.54) is 25.7 Å². The smallest absolute Gasteiger partial charge is 0.240 e. The quantitative estimate of drug-likeness (QED) is 0.757. The van der Waals surface area contributed by atoms with Gasteiger partial charge in [-0.15, -0.1) is 0 Å². The normalized spacial score (nSPS) is 32.6. The summed E-state index contributed by atoms with van der Waals surface area (Å²) >= 11 is 0. The number of nitrogens with one attached hydrogen (secondary N) is 1. The predicted octanol–water partition coefficient (Wildman–Crippen LogP) is 0.435. The minimum absolute atomic E-state index is 0.192. The Bertz CT molecular complexity index is 282. The highest BCUT2D eigenvalue weighted by Gasteiger charge is 2.39. The van der Waals surface area contributed by atoms with E-state index in [1.54, 1.807) is 0 Å². The summed E-state index contributed by atoms with van der Waals surface area (Å²) in [6, 6.07) is 0.758. The number of carbonyl (C=O) groups is 1. The highest BCUT2D eigenvalue weighted by atomic mass is 16.2. The molecule has 1 aliphatic carbocycles. The van der Waals surface area contributed by atoms with Gasteiger partial charge in [-0.2, -0.15) is 0 Å². The average Bonchev–Trinajstić information content (AvgIpc) is 2.99. The van der Waals surface area contributed by atoms with E-state index in [1.807, 2.05) is 0 Å². The van der Waals surface area contributed by atoms with Crippen LogP contribution in [0.5, 0.6) is 0 Å². The van der Waals surface area contributed by atoms with E-state index < -0.39 is 0 Å². The molecule has 3 aliphatic rings. The summed E-state index contributed by atoms with van der Waals surface area (Å²) in [7, 11) is 0. The lowest BCUT2D eigenvalue weighted by atomic mass is 10.2. The van der Waals surface area contributed by atoms with E-state index in [4.69, 9.17) is 0 Å². The van der Waals surface area contributed by atoms with Crippen molar-refractivity contribution in [1.82, 2.24) is 15.1 Å². The predicted molar refractivity (Wildman–Crippen MR) is 66.8 cm³/mol. The molecule has 0 radical (unpaired) electrons. The van der Waals surface area contributed by atoms with Crippen molar-refractivity contribution >= 4 is 5.91 Å². The Labute approximate surface area is 103 Å². The molecule has 3 rings (SSSR count). The third-order valence-electron chi connectivity index (χ3n) is 4.57. The van der Waals surface area contributed by atoms with Gasteiger partial charge in [0.15, 0.2) is 0 Å². The van der Waals surface area contributed by atoms with Gasteiger partial charge in [-0.05, 0) is 19.3 Å². The van der Waals surface area contributed by atoms with Gasteiger partial charge in [-0.1, -0.05) is 12.8 Å². The number of nitrogens with zero attached hydrogens (tertiary/aromatic N) is 2. The number of likely N-dealkylation sites (tertiary alicyclic amines) is 1. The molecule has 0 aromatic rings. The Balaban J connectivity index is 1.62. The summed E-state index contributed by atoms with van der Waals surface area (Å²) in [5.41, 5.74) is 0. The minimum Gasteiger partial charge on any atom is -0.338 e. The van der Waals surface area contributed by atoms with E-state index >= 15 is 0 Å². The topological polar surface area (TPSA) is 35.6 Å². The fourth-order valence-corrected chi connectivity index (χ4v) is 3.60. The number of amides is 1. The molecule has 0 aromatic heterocycles. The first-order valence-corrected chi connectivity index (χ1v) is 7.11. The second-order valence-electron chi connectivity index (χ2n) is 5.56. The van der Waals surface area contributed by atoms with Gasteiger partial charge < -0.3 is 10.2 Å². The third-order valence-corrected chi connectivity index (χ3v) is 4.57. The molecule has 4 heteroatoms. The largest absolute Gasteiger partial charge is 0.338 e. The fourth-order valence-electron chi connectivity index (χ4n) is 3.60. The summed E-state index contributed by atoms with van der Waals surface area (Å²) in [5.74, 6) is 0.416. The summed E-state index contributed by atoms with van der Waals surface area (Å²) in [4.78, 5) is 17.0. The molecule has 4 nitrogen and oxygen atoms in total. The highest BCUT2D eigenvalue weighted by molar-refractivity contribution is 5.84. The number of rotatable bonds is 2. The Morgan fingerprint density at radius 3 is 2.41 bits per heavy atom. The van der Waals surface area contributed by atoms with Crippen molar-refractivity contribution in [3.63, 3.8) is 0 Å². The molecule has 1 unspecified atom stereocenters. The average molecular weight is 237 g/mol.